The largest absolute Gasteiger partial charge is 0.339 e. The molecule has 8 heteroatoms. The van der Waals surface area contributed by atoms with E-state index < -0.39 is 15.8 Å². The molecule has 1 amide bonds. The van der Waals surface area contributed by atoms with Gasteiger partial charge in [-0.3, -0.25) is 4.79 Å². The van der Waals surface area contributed by atoms with Gasteiger partial charge < -0.3 is 4.90 Å². The monoisotopic (exact) mass is 422 g/mol. The van der Waals surface area contributed by atoms with Gasteiger partial charge in [0.15, 0.2) is 0 Å². The lowest BCUT2D eigenvalue weighted by molar-refractivity contribution is -0.129. The van der Waals surface area contributed by atoms with Crippen LogP contribution in [0.4, 0.5) is 4.39 Å². The molecule has 0 unspecified atom stereocenters. The van der Waals surface area contributed by atoms with Crippen LogP contribution in [0, 0.1) is 19.7 Å². The molecule has 150 valence electrons. The fourth-order valence-corrected chi connectivity index (χ4v) is 5.35. The second kappa shape index (κ2) is 8.63. The predicted octanol–water partition coefficient (Wildman–Crippen LogP) is 3.07. The molecule has 0 bridgehead atoms. The number of hydrogen-bond donors (Lipinski definition) is 0. The van der Waals surface area contributed by atoms with Crippen molar-refractivity contribution in [3.05, 3.63) is 59.4 Å². The number of rotatable bonds is 5. The third kappa shape index (κ3) is 4.74. The lowest BCUT2D eigenvalue weighted by Crippen LogP contribution is -2.50. The van der Waals surface area contributed by atoms with Gasteiger partial charge in [-0.2, -0.15) is 4.31 Å². The van der Waals surface area contributed by atoms with Crippen LogP contribution in [0.15, 0.2) is 52.3 Å². The zero-order chi connectivity index (χ0) is 20.3. The highest BCUT2D eigenvalue weighted by Gasteiger charge is 2.30. The zero-order valence-electron chi connectivity index (χ0n) is 15.9. The van der Waals surface area contributed by atoms with Gasteiger partial charge in [-0.1, -0.05) is 12.1 Å². The normalized spacial score (nSPS) is 15.6. The van der Waals surface area contributed by atoms with E-state index in [0.717, 1.165) is 11.0 Å². The van der Waals surface area contributed by atoms with E-state index in [0.29, 0.717) is 18.8 Å². The van der Waals surface area contributed by atoms with Crippen LogP contribution in [-0.2, 0) is 14.8 Å². The number of thioether (sulfide) groups is 1. The predicted molar refractivity (Wildman–Crippen MR) is 108 cm³/mol. The van der Waals surface area contributed by atoms with Crippen LogP contribution >= 0.6 is 11.8 Å². The van der Waals surface area contributed by atoms with Crippen LogP contribution in [0.5, 0.6) is 0 Å². The highest BCUT2D eigenvalue weighted by Crippen LogP contribution is 2.22. The average Bonchev–Trinajstić information content (AvgIpc) is 2.68. The summed E-state index contributed by atoms with van der Waals surface area (Å²) in [4.78, 5) is 15.2. The minimum atomic E-state index is -3.75. The van der Waals surface area contributed by atoms with Gasteiger partial charge >= 0.3 is 0 Å². The van der Waals surface area contributed by atoms with E-state index in [2.05, 4.69) is 6.07 Å². The second-order valence-corrected chi connectivity index (χ2v) is 9.76. The Morgan fingerprint density at radius 2 is 1.75 bits per heavy atom. The summed E-state index contributed by atoms with van der Waals surface area (Å²) in [6.07, 6.45) is 0. The molecule has 2 aromatic carbocycles. The Bertz CT molecular complexity index is 971. The minimum absolute atomic E-state index is 0.00830. The molecular formula is C20H23FN2O3S2. The van der Waals surface area contributed by atoms with Gasteiger partial charge in [0.1, 0.15) is 5.82 Å². The Kier molecular flexibility index (Phi) is 6.42. The molecule has 0 radical (unpaired) electrons. The molecule has 28 heavy (non-hydrogen) atoms. The van der Waals surface area contributed by atoms with Crippen LogP contribution in [0.3, 0.4) is 0 Å². The van der Waals surface area contributed by atoms with Gasteiger partial charge in [-0.25, -0.2) is 12.8 Å². The van der Waals surface area contributed by atoms with Crippen LogP contribution in [0.2, 0.25) is 0 Å². The number of aryl methyl sites for hydroxylation is 2. The first-order chi connectivity index (χ1) is 13.3. The van der Waals surface area contributed by atoms with E-state index in [4.69, 9.17) is 0 Å². The van der Waals surface area contributed by atoms with Crippen molar-refractivity contribution in [2.75, 3.05) is 31.9 Å². The number of piperazine rings is 1. The average molecular weight is 423 g/mol. The minimum Gasteiger partial charge on any atom is -0.339 e. The molecule has 1 aliphatic rings. The number of sulfonamides is 1. The third-order valence-corrected chi connectivity index (χ3v) is 7.74. The maximum absolute atomic E-state index is 13.4. The number of nitrogens with zero attached hydrogens (tertiary/aromatic N) is 2. The zero-order valence-corrected chi connectivity index (χ0v) is 17.5. The summed E-state index contributed by atoms with van der Waals surface area (Å²) in [6, 6.07) is 11.1. The summed E-state index contributed by atoms with van der Waals surface area (Å²) in [5, 5.41) is 0. The summed E-state index contributed by atoms with van der Waals surface area (Å²) in [7, 11) is -3.75. The van der Waals surface area contributed by atoms with Crippen molar-refractivity contribution < 1.29 is 17.6 Å². The molecule has 0 spiro atoms. The van der Waals surface area contributed by atoms with E-state index in [1.165, 1.54) is 45.4 Å². The Balaban J connectivity index is 1.55. The standard InChI is InChI=1S/C20H23FN2O3S2/c1-15-6-7-18(12-16(15)2)27-14-20(24)22-8-10-23(11-9-22)28(25,26)19-5-3-4-17(21)13-19/h3-7,12-13H,8-11,14H2,1-2H3. The molecule has 0 saturated carbocycles. The van der Waals surface area contributed by atoms with Crippen LogP contribution in [-0.4, -0.2) is 55.5 Å². The molecule has 0 aromatic heterocycles. The molecule has 3 rings (SSSR count). The number of hydrogen-bond acceptors (Lipinski definition) is 4. The van der Waals surface area contributed by atoms with Crippen molar-refractivity contribution in [3.8, 4) is 0 Å². The maximum Gasteiger partial charge on any atom is 0.243 e. The fraction of sp³-hybridized carbons (Fsp3) is 0.350. The molecule has 0 atom stereocenters. The Hall–Kier alpha value is -1.90. The number of halogens is 1. The van der Waals surface area contributed by atoms with Crippen molar-refractivity contribution in [2.45, 2.75) is 23.6 Å². The molecule has 0 N–H and O–H groups in total. The van der Waals surface area contributed by atoms with Gasteiger partial charge in [0.05, 0.1) is 10.6 Å². The van der Waals surface area contributed by atoms with E-state index in [1.54, 1.807) is 4.90 Å². The molecule has 2 aromatic rings. The second-order valence-electron chi connectivity index (χ2n) is 6.78. The lowest BCUT2D eigenvalue weighted by atomic mass is 10.1. The molecule has 5 nitrogen and oxygen atoms in total. The Morgan fingerprint density at radius 3 is 2.39 bits per heavy atom. The van der Waals surface area contributed by atoms with E-state index in [1.807, 2.05) is 26.0 Å². The van der Waals surface area contributed by atoms with E-state index in [9.17, 15) is 17.6 Å². The van der Waals surface area contributed by atoms with Gasteiger partial charge in [0, 0.05) is 31.1 Å². The van der Waals surface area contributed by atoms with Crippen LogP contribution in [0.1, 0.15) is 11.1 Å². The van der Waals surface area contributed by atoms with Gasteiger partial charge in [0.2, 0.25) is 15.9 Å². The first-order valence-electron chi connectivity index (χ1n) is 9.01. The fourth-order valence-electron chi connectivity index (χ4n) is 2.99. The van der Waals surface area contributed by atoms with Crippen molar-refractivity contribution in [3.63, 3.8) is 0 Å². The summed E-state index contributed by atoms with van der Waals surface area (Å²) in [6.45, 7) is 5.17. The number of carbonyl (C=O) groups excluding carboxylic acids is 1. The summed E-state index contributed by atoms with van der Waals surface area (Å²) in [5.74, 6) is -0.275. The summed E-state index contributed by atoms with van der Waals surface area (Å²) >= 11 is 1.49. The summed E-state index contributed by atoms with van der Waals surface area (Å²) < 4.78 is 39.9. The highest BCUT2D eigenvalue weighted by atomic mass is 32.2. The first kappa shape index (κ1) is 20.8. The van der Waals surface area contributed by atoms with Crippen molar-refractivity contribution in [1.29, 1.82) is 0 Å². The maximum atomic E-state index is 13.4. The van der Waals surface area contributed by atoms with Gasteiger partial charge in [-0.05, 0) is 55.3 Å². The smallest absolute Gasteiger partial charge is 0.243 e. The summed E-state index contributed by atoms with van der Waals surface area (Å²) in [5.41, 5.74) is 2.40. The Morgan fingerprint density at radius 1 is 1.04 bits per heavy atom. The van der Waals surface area contributed by atoms with E-state index >= 15 is 0 Å². The Labute approximate surface area is 169 Å². The number of amides is 1. The van der Waals surface area contributed by atoms with Crippen molar-refractivity contribution in [1.82, 2.24) is 9.21 Å². The quantitative estimate of drug-likeness (QED) is 0.695. The molecular weight excluding hydrogens is 399 g/mol. The number of benzene rings is 2. The number of carbonyl (C=O) groups is 1. The van der Waals surface area contributed by atoms with E-state index in [-0.39, 0.29) is 23.9 Å². The van der Waals surface area contributed by atoms with Crippen molar-refractivity contribution in [2.24, 2.45) is 0 Å². The van der Waals surface area contributed by atoms with Crippen LogP contribution < -0.4 is 0 Å². The third-order valence-electron chi connectivity index (χ3n) is 4.87. The molecule has 1 saturated heterocycles. The molecule has 0 aliphatic carbocycles. The van der Waals surface area contributed by atoms with Gasteiger partial charge in [0.25, 0.3) is 0 Å². The SMILES string of the molecule is Cc1ccc(SCC(=O)N2CCN(S(=O)(=O)c3cccc(F)c3)CC2)cc1C. The lowest BCUT2D eigenvalue weighted by Gasteiger charge is -2.34. The van der Waals surface area contributed by atoms with Crippen molar-refractivity contribution >= 4 is 27.7 Å². The topological polar surface area (TPSA) is 57.7 Å². The van der Waals surface area contributed by atoms with Crippen LogP contribution in [0.25, 0.3) is 0 Å². The van der Waals surface area contributed by atoms with Gasteiger partial charge in [-0.15, -0.1) is 11.8 Å². The first-order valence-corrected chi connectivity index (χ1v) is 11.4. The molecule has 1 aliphatic heterocycles. The molecule has 1 heterocycles. The molecule has 1 fully saturated rings. The highest BCUT2D eigenvalue weighted by molar-refractivity contribution is 8.00.